The van der Waals surface area contributed by atoms with Gasteiger partial charge in [-0.2, -0.15) is 0 Å². The molecule has 0 saturated heterocycles. The zero-order valence-corrected chi connectivity index (χ0v) is 20.4. The first kappa shape index (κ1) is 23.5. The molecule has 0 spiro atoms. The van der Waals surface area contributed by atoms with Gasteiger partial charge in [0.1, 0.15) is 22.1 Å². The van der Waals surface area contributed by atoms with Crippen LogP contribution >= 0.6 is 11.3 Å². The van der Waals surface area contributed by atoms with Gasteiger partial charge in [0, 0.05) is 12.7 Å². The Hall–Kier alpha value is -3.62. The van der Waals surface area contributed by atoms with Crippen LogP contribution in [0.5, 0.6) is 5.75 Å². The van der Waals surface area contributed by atoms with Crippen LogP contribution in [0.15, 0.2) is 95.2 Å². The summed E-state index contributed by atoms with van der Waals surface area (Å²) < 4.78 is 33.4. The van der Waals surface area contributed by atoms with E-state index >= 15 is 0 Å². The number of thiophene rings is 1. The number of benzene rings is 3. The average molecular weight is 493 g/mol. The standard InChI is InChI=1S/C26H24N2O4S2/c1-19-8-12-22(13-9-19)28(2)34(30,31)24-16-17-33-25(24)26(29)27-21-10-14-23(15-11-21)32-18-20-6-4-3-5-7-20/h3-17H,18H2,1-2H3,(H,27,29). The predicted octanol–water partition coefficient (Wildman–Crippen LogP) is 5.71. The summed E-state index contributed by atoms with van der Waals surface area (Å²) in [6, 6.07) is 25.4. The third kappa shape index (κ3) is 5.30. The summed E-state index contributed by atoms with van der Waals surface area (Å²) >= 11 is 1.09. The van der Waals surface area contributed by atoms with E-state index in [0.717, 1.165) is 22.5 Å². The Balaban J connectivity index is 1.45. The van der Waals surface area contributed by atoms with Crippen molar-refractivity contribution in [1.82, 2.24) is 0 Å². The first-order chi connectivity index (χ1) is 16.3. The van der Waals surface area contributed by atoms with Gasteiger partial charge in [-0.25, -0.2) is 8.42 Å². The molecule has 0 radical (unpaired) electrons. The molecular formula is C26H24N2O4S2. The Kier molecular flexibility index (Phi) is 7.00. The van der Waals surface area contributed by atoms with Crippen molar-refractivity contribution >= 4 is 38.6 Å². The fourth-order valence-electron chi connectivity index (χ4n) is 3.27. The second-order valence-corrected chi connectivity index (χ2v) is 10.5. The summed E-state index contributed by atoms with van der Waals surface area (Å²) in [5.41, 5.74) is 3.15. The Morgan fingerprint density at radius 3 is 2.29 bits per heavy atom. The van der Waals surface area contributed by atoms with Crippen LogP contribution in [0, 0.1) is 6.92 Å². The van der Waals surface area contributed by atoms with Crippen LogP contribution in [0.4, 0.5) is 11.4 Å². The first-order valence-corrected chi connectivity index (χ1v) is 12.9. The number of nitrogens with one attached hydrogen (secondary N) is 1. The van der Waals surface area contributed by atoms with E-state index in [1.807, 2.05) is 49.4 Å². The van der Waals surface area contributed by atoms with Crippen LogP contribution < -0.4 is 14.4 Å². The lowest BCUT2D eigenvalue weighted by atomic mass is 10.2. The van der Waals surface area contributed by atoms with Gasteiger partial charge in [0.05, 0.1) is 5.69 Å². The van der Waals surface area contributed by atoms with Gasteiger partial charge in [-0.15, -0.1) is 11.3 Å². The van der Waals surface area contributed by atoms with Gasteiger partial charge >= 0.3 is 0 Å². The van der Waals surface area contributed by atoms with E-state index in [0.29, 0.717) is 23.7 Å². The number of ether oxygens (including phenoxy) is 1. The van der Waals surface area contributed by atoms with Crippen molar-refractivity contribution in [2.75, 3.05) is 16.7 Å². The molecule has 8 heteroatoms. The van der Waals surface area contributed by atoms with Crippen LogP contribution in [-0.2, 0) is 16.6 Å². The van der Waals surface area contributed by atoms with Crippen LogP contribution in [0.3, 0.4) is 0 Å². The fourth-order valence-corrected chi connectivity index (χ4v) is 5.76. The highest BCUT2D eigenvalue weighted by atomic mass is 32.2. The van der Waals surface area contributed by atoms with E-state index in [1.54, 1.807) is 41.8 Å². The molecule has 0 fully saturated rings. The molecule has 174 valence electrons. The van der Waals surface area contributed by atoms with Gasteiger partial charge in [0.25, 0.3) is 15.9 Å². The number of carbonyl (C=O) groups excluding carboxylic acids is 1. The van der Waals surface area contributed by atoms with Gasteiger partial charge in [-0.3, -0.25) is 9.10 Å². The van der Waals surface area contributed by atoms with Crippen molar-refractivity contribution in [3.05, 3.63) is 106 Å². The predicted molar refractivity (Wildman–Crippen MR) is 136 cm³/mol. The topological polar surface area (TPSA) is 75.7 Å². The molecule has 34 heavy (non-hydrogen) atoms. The quantitative estimate of drug-likeness (QED) is 0.342. The second-order valence-electron chi connectivity index (χ2n) is 7.67. The molecule has 0 unspecified atom stereocenters. The number of hydrogen-bond acceptors (Lipinski definition) is 5. The molecule has 3 aromatic carbocycles. The zero-order valence-electron chi connectivity index (χ0n) is 18.8. The van der Waals surface area contributed by atoms with Crippen molar-refractivity contribution in [2.45, 2.75) is 18.4 Å². The maximum Gasteiger partial charge on any atom is 0.267 e. The average Bonchev–Trinajstić information content (AvgIpc) is 3.36. The number of amides is 1. The summed E-state index contributed by atoms with van der Waals surface area (Å²) in [6.07, 6.45) is 0. The zero-order chi connectivity index (χ0) is 24.1. The Morgan fingerprint density at radius 1 is 0.941 bits per heavy atom. The van der Waals surface area contributed by atoms with Crippen molar-refractivity contribution in [3.8, 4) is 5.75 Å². The fraction of sp³-hybridized carbons (Fsp3) is 0.115. The molecule has 1 N–H and O–H groups in total. The van der Waals surface area contributed by atoms with Gasteiger partial charge in [-0.1, -0.05) is 48.0 Å². The molecular weight excluding hydrogens is 468 g/mol. The van der Waals surface area contributed by atoms with E-state index in [-0.39, 0.29) is 9.77 Å². The molecule has 0 aliphatic heterocycles. The minimum absolute atomic E-state index is 0.0270. The maximum absolute atomic E-state index is 13.2. The number of rotatable bonds is 8. The third-order valence-electron chi connectivity index (χ3n) is 5.23. The Labute approximate surface area is 203 Å². The molecule has 0 aliphatic carbocycles. The van der Waals surface area contributed by atoms with Crippen LogP contribution in [0.1, 0.15) is 20.8 Å². The highest BCUT2D eigenvalue weighted by Crippen LogP contribution is 2.29. The highest BCUT2D eigenvalue weighted by molar-refractivity contribution is 7.93. The summed E-state index contributed by atoms with van der Waals surface area (Å²) in [5.74, 6) is 0.185. The molecule has 0 atom stereocenters. The lowest BCUT2D eigenvalue weighted by molar-refractivity contribution is 0.102. The van der Waals surface area contributed by atoms with Gasteiger partial charge < -0.3 is 10.1 Å². The lowest BCUT2D eigenvalue weighted by Gasteiger charge is -2.19. The summed E-state index contributed by atoms with van der Waals surface area (Å²) in [6.45, 7) is 2.37. The molecule has 1 aromatic heterocycles. The molecule has 1 heterocycles. The van der Waals surface area contributed by atoms with E-state index in [1.165, 1.54) is 17.4 Å². The normalized spacial score (nSPS) is 11.1. The molecule has 4 aromatic rings. The summed E-state index contributed by atoms with van der Waals surface area (Å²) in [7, 11) is -2.43. The van der Waals surface area contributed by atoms with E-state index in [4.69, 9.17) is 4.74 Å². The van der Waals surface area contributed by atoms with Gasteiger partial charge in [0.2, 0.25) is 0 Å². The SMILES string of the molecule is Cc1ccc(N(C)S(=O)(=O)c2ccsc2C(=O)Nc2ccc(OCc3ccccc3)cc2)cc1. The number of sulfonamides is 1. The molecule has 0 bridgehead atoms. The number of anilines is 2. The smallest absolute Gasteiger partial charge is 0.267 e. The number of aryl methyl sites for hydroxylation is 1. The minimum atomic E-state index is -3.91. The Bertz CT molecular complexity index is 1360. The van der Waals surface area contributed by atoms with E-state index < -0.39 is 15.9 Å². The molecule has 1 amide bonds. The first-order valence-electron chi connectivity index (χ1n) is 10.6. The van der Waals surface area contributed by atoms with Crippen LogP contribution in [0.25, 0.3) is 0 Å². The molecule has 6 nitrogen and oxygen atoms in total. The van der Waals surface area contributed by atoms with Crippen molar-refractivity contribution < 1.29 is 17.9 Å². The van der Waals surface area contributed by atoms with E-state index in [9.17, 15) is 13.2 Å². The highest BCUT2D eigenvalue weighted by Gasteiger charge is 2.28. The number of carbonyl (C=O) groups is 1. The Morgan fingerprint density at radius 2 is 1.62 bits per heavy atom. The van der Waals surface area contributed by atoms with E-state index in [2.05, 4.69) is 5.32 Å². The number of nitrogens with zero attached hydrogens (tertiary/aromatic N) is 1. The third-order valence-corrected chi connectivity index (χ3v) is 8.10. The molecule has 0 saturated carbocycles. The number of hydrogen-bond donors (Lipinski definition) is 1. The monoisotopic (exact) mass is 492 g/mol. The lowest BCUT2D eigenvalue weighted by Crippen LogP contribution is -2.28. The molecule has 0 aliphatic rings. The van der Waals surface area contributed by atoms with Gasteiger partial charge in [0.15, 0.2) is 0 Å². The van der Waals surface area contributed by atoms with Crippen molar-refractivity contribution in [3.63, 3.8) is 0 Å². The van der Waals surface area contributed by atoms with Crippen molar-refractivity contribution in [2.24, 2.45) is 0 Å². The van der Waals surface area contributed by atoms with Crippen LogP contribution in [0.2, 0.25) is 0 Å². The summed E-state index contributed by atoms with van der Waals surface area (Å²) in [5, 5.41) is 4.38. The minimum Gasteiger partial charge on any atom is -0.489 e. The maximum atomic E-state index is 13.2. The largest absolute Gasteiger partial charge is 0.489 e. The second kappa shape index (κ2) is 10.1. The van der Waals surface area contributed by atoms with Crippen molar-refractivity contribution in [1.29, 1.82) is 0 Å². The summed E-state index contributed by atoms with van der Waals surface area (Å²) in [4.78, 5) is 13.0. The van der Waals surface area contributed by atoms with Gasteiger partial charge in [-0.05, 0) is 60.3 Å². The van der Waals surface area contributed by atoms with Crippen LogP contribution in [-0.4, -0.2) is 21.4 Å². The molecule has 4 rings (SSSR count).